The Morgan fingerprint density at radius 3 is 2.76 bits per heavy atom. The maximum Gasteiger partial charge on any atom is 0.170 e. The Kier molecular flexibility index (Phi) is 5.74. The fraction of sp³-hybridized carbons (Fsp3) is 0.588. The summed E-state index contributed by atoms with van der Waals surface area (Å²) < 4.78 is 19.0. The Balaban J connectivity index is 1.96. The molecule has 0 N–H and O–H groups in total. The first-order chi connectivity index (χ1) is 10.2. The van der Waals surface area contributed by atoms with Crippen LogP contribution >= 0.6 is 0 Å². The molecule has 1 aromatic carbocycles. The molecule has 0 spiro atoms. The minimum Gasteiger partial charge on any atom is -0.496 e. The van der Waals surface area contributed by atoms with Crippen LogP contribution in [-0.2, 0) is 0 Å². The van der Waals surface area contributed by atoms with Crippen LogP contribution in [0, 0.1) is 11.7 Å². The van der Waals surface area contributed by atoms with Crippen LogP contribution in [0.1, 0.15) is 43.0 Å². The van der Waals surface area contributed by atoms with Gasteiger partial charge in [-0.15, -0.1) is 0 Å². The standard InChI is InChI=1S/C17H24FNO2/c1-3-10-19(12-13-7-8-13)11-9-15(20)17-14(18)5-4-6-16(17)21-2/h4-6,13H,3,7-12H2,1-2H3. The second-order valence-corrected chi connectivity index (χ2v) is 5.73. The minimum absolute atomic E-state index is 0.0860. The number of ether oxygens (including phenoxy) is 1. The van der Waals surface area contributed by atoms with E-state index in [2.05, 4.69) is 11.8 Å². The number of halogens is 1. The number of hydrogen-bond acceptors (Lipinski definition) is 3. The SMILES string of the molecule is CCCN(CCC(=O)c1c(F)cccc1OC)CC1CC1. The maximum absolute atomic E-state index is 13.9. The molecule has 0 bridgehead atoms. The molecule has 3 nitrogen and oxygen atoms in total. The van der Waals surface area contributed by atoms with E-state index < -0.39 is 5.82 Å². The lowest BCUT2D eigenvalue weighted by atomic mass is 10.1. The molecule has 1 saturated carbocycles. The van der Waals surface area contributed by atoms with Crippen LogP contribution < -0.4 is 4.74 Å². The molecule has 1 aliphatic carbocycles. The molecular weight excluding hydrogens is 269 g/mol. The Hall–Kier alpha value is -1.42. The Bertz CT molecular complexity index is 486. The minimum atomic E-state index is -0.497. The van der Waals surface area contributed by atoms with Crippen molar-refractivity contribution in [2.45, 2.75) is 32.6 Å². The summed E-state index contributed by atoms with van der Waals surface area (Å²) in [6.07, 6.45) is 4.01. The molecule has 0 aliphatic heterocycles. The van der Waals surface area contributed by atoms with Crippen molar-refractivity contribution >= 4 is 5.78 Å². The molecule has 1 fully saturated rings. The first-order valence-electron chi connectivity index (χ1n) is 7.73. The van der Waals surface area contributed by atoms with E-state index in [-0.39, 0.29) is 11.3 Å². The Labute approximate surface area is 126 Å². The molecule has 1 aromatic rings. The van der Waals surface area contributed by atoms with Gasteiger partial charge in [-0.3, -0.25) is 4.79 Å². The Morgan fingerprint density at radius 2 is 2.14 bits per heavy atom. The topological polar surface area (TPSA) is 29.5 Å². The van der Waals surface area contributed by atoms with E-state index in [0.29, 0.717) is 18.7 Å². The van der Waals surface area contributed by atoms with Crippen LogP contribution in [-0.4, -0.2) is 37.4 Å². The third kappa shape index (κ3) is 4.53. The number of benzene rings is 1. The second-order valence-electron chi connectivity index (χ2n) is 5.73. The maximum atomic E-state index is 13.9. The van der Waals surface area contributed by atoms with Crippen molar-refractivity contribution in [2.24, 2.45) is 5.92 Å². The van der Waals surface area contributed by atoms with Gasteiger partial charge < -0.3 is 9.64 Å². The zero-order chi connectivity index (χ0) is 15.2. The van der Waals surface area contributed by atoms with Gasteiger partial charge in [0.05, 0.1) is 12.7 Å². The summed E-state index contributed by atoms with van der Waals surface area (Å²) in [5.41, 5.74) is 0.0860. The first kappa shape index (κ1) is 16.0. The lowest BCUT2D eigenvalue weighted by Crippen LogP contribution is -2.29. The average Bonchev–Trinajstić information content (AvgIpc) is 3.28. The number of carbonyl (C=O) groups is 1. The third-order valence-electron chi connectivity index (χ3n) is 3.88. The van der Waals surface area contributed by atoms with Gasteiger partial charge >= 0.3 is 0 Å². The van der Waals surface area contributed by atoms with Gasteiger partial charge in [-0.2, -0.15) is 0 Å². The molecule has 116 valence electrons. The summed E-state index contributed by atoms with van der Waals surface area (Å²) in [5.74, 6) is 0.448. The van der Waals surface area contributed by atoms with E-state index >= 15 is 0 Å². The van der Waals surface area contributed by atoms with Crippen LogP contribution in [0.2, 0.25) is 0 Å². The zero-order valence-corrected chi connectivity index (χ0v) is 12.9. The number of rotatable bonds is 9. The molecule has 1 aliphatic rings. The molecule has 0 radical (unpaired) electrons. The van der Waals surface area contributed by atoms with Crippen LogP contribution in [0.4, 0.5) is 4.39 Å². The number of methoxy groups -OCH3 is 1. The summed E-state index contributed by atoms with van der Waals surface area (Å²) in [4.78, 5) is 14.6. The van der Waals surface area contributed by atoms with Crippen molar-refractivity contribution < 1.29 is 13.9 Å². The van der Waals surface area contributed by atoms with Gasteiger partial charge in [0.2, 0.25) is 0 Å². The Morgan fingerprint density at radius 1 is 1.38 bits per heavy atom. The molecule has 0 unspecified atom stereocenters. The van der Waals surface area contributed by atoms with Gasteiger partial charge in [0.1, 0.15) is 11.6 Å². The monoisotopic (exact) mass is 293 g/mol. The van der Waals surface area contributed by atoms with Crippen LogP contribution in [0.5, 0.6) is 5.75 Å². The number of carbonyl (C=O) groups excluding carboxylic acids is 1. The number of ketones is 1. The molecule has 0 atom stereocenters. The van der Waals surface area contributed by atoms with Crippen LogP contribution in [0.15, 0.2) is 18.2 Å². The van der Waals surface area contributed by atoms with E-state index in [1.165, 1.54) is 26.0 Å². The van der Waals surface area contributed by atoms with Gasteiger partial charge in [0.15, 0.2) is 5.78 Å². The van der Waals surface area contributed by atoms with Crippen molar-refractivity contribution in [3.63, 3.8) is 0 Å². The quantitative estimate of drug-likeness (QED) is 0.652. The molecule has 0 amide bonds. The van der Waals surface area contributed by atoms with Crippen LogP contribution in [0.25, 0.3) is 0 Å². The van der Waals surface area contributed by atoms with E-state index in [1.807, 2.05) is 0 Å². The molecule has 0 heterocycles. The fourth-order valence-corrected chi connectivity index (χ4v) is 2.61. The largest absolute Gasteiger partial charge is 0.496 e. The summed E-state index contributed by atoms with van der Waals surface area (Å²) in [5, 5.41) is 0. The number of Topliss-reactive ketones (excluding diaryl/α,β-unsaturated/α-hetero) is 1. The van der Waals surface area contributed by atoms with E-state index in [9.17, 15) is 9.18 Å². The number of nitrogens with zero attached hydrogens (tertiary/aromatic N) is 1. The normalized spacial score (nSPS) is 14.5. The fourth-order valence-electron chi connectivity index (χ4n) is 2.61. The van der Waals surface area contributed by atoms with Crippen molar-refractivity contribution in [3.05, 3.63) is 29.6 Å². The lowest BCUT2D eigenvalue weighted by molar-refractivity contribution is 0.0955. The first-order valence-corrected chi connectivity index (χ1v) is 7.73. The van der Waals surface area contributed by atoms with Crippen molar-refractivity contribution in [1.82, 2.24) is 4.90 Å². The summed E-state index contributed by atoms with van der Waals surface area (Å²) >= 11 is 0. The van der Waals surface area contributed by atoms with E-state index in [4.69, 9.17) is 4.74 Å². The van der Waals surface area contributed by atoms with E-state index in [0.717, 1.165) is 25.4 Å². The summed E-state index contributed by atoms with van der Waals surface area (Å²) in [6, 6.07) is 4.50. The molecule has 2 rings (SSSR count). The zero-order valence-electron chi connectivity index (χ0n) is 12.9. The van der Waals surface area contributed by atoms with Gasteiger partial charge in [-0.25, -0.2) is 4.39 Å². The molecule has 21 heavy (non-hydrogen) atoms. The highest BCUT2D eigenvalue weighted by Gasteiger charge is 2.25. The second kappa shape index (κ2) is 7.55. The summed E-state index contributed by atoms with van der Waals surface area (Å²) in [7, 11) is 1.46. The molecule has 0 saturated heterocycles. The third-order valence-corrected chi connectivity index (χ3v) is 3.88. The van der Waals surface area contributed by atoms with Gasteiger partial charge in [0, 0.05) is 19.5 Å². The summed E-state index contributed by atoms with van der Waals surface area (Å²) in [6.45, 7) is 4.90. The average molecular weight is 293 g/mol. The number of hydrogen-bond donors (Lipinski definition) is 0. The highest BCUT2D eigenvalue weighted by molar-refractivity contribution is 5.99. The van der Waals surface area contributed by atoms with Crippen LogP contribution in [0.3, 0.4) is 0 Å². The predicted molar refractivity (Wildman–Crippen MR) is 81.4 cm³/mol. The predicted octanol–water partition coefficient (Wildman–Crippen LogP) is 3.53. The van der Waals surface area contributed by atoms with Gasteiger partial charge in [0.25, 0.3) is 0 Å². The molecule has 4 heteroatoms. The lowest BCUT2D eigenvalue weighted by Gasteiger charge is -2.21. The van der Waals surface area contributed by atoms with E-state index in [1.54, 1.807) is 12.1 Å². The van der Waals surface area contributed by atoms with Crippen molar-refractivity contribution in [2.75, 3.05) is 26.7 Å². The highest BCUT2D eigenvalue weighted by Crippen LogP contribution is 2.30. The van der Waals surface area contributed by atoms with Gasteiger partial charge in [-0.1, -0.05) is 13.0 Å². The highest BCUT2D eigenvalue weighted by atomic mass is 19.1. The molecular formula is C17H24FNO2. The molecule has 0 aromatic heterocycles. The van der Waals surface area contributed by atoms with Gasteiger partial charge in [-0.05, 0) is 43.9 Å². The van der Waals surface area contributed by atoms with Crippen molar-refractivity contribution in [3.8, 4) is 5.75 Å². The van der Waals surface area contributed by atoms with Crippen molar-refractivity contribution in [1.29, 1.82) is 0 Å². The smallest absolute Gasteiger partial charge is 0.170 e.